The highest BCUT2D eigenvalue weighted by Crippen LogP contribution is 1.99. The first kappa shape index (κ1) is 26.9. The largest absolute Gasteiger partial charge is 0.834 e. The van der Waals surface area contributed by atoms with Gasteiger partial charge in [0.25, 0.3) is 0 Å². The van der Waals surface area contributed by atoms with Crippen LogP contribution in [-0.2, 0) is 23.9 Å². The third-order valence-corrected chi connectivity index (χ3v) is 3.46. The van der Waals surface area contributed by atoms with Gasteiger partial charge < -0.3 is 47.2 Å². The maximum Gasteiger partial charge on any atom is 0.234 e. The standard InChI is InChI=1S/C14H26N5O7.CH4/c1-17-9(13(16)23)4-5-18-11(22)6-12(26-7-20)19-10(21)3-2-8(15)14(24)25;/h8-9,12,17H,2-7,15H2,1H3,(H2,16,23)(H,18,22)(H,19,21)(H,24,25);1H4/q-1;. The van der Waals surface area contributed by atoms with Crippen molar-refractivity contribution >= 4 is 23.7 Å². The van der Waals surface area contributed by atoms with Crippen molar-refractivity contribution in [1.29, 1.82) is 0 Å². The van der Waals surface area contributed by atoms with E-state index in [1.807, 2.05) is 0 Å². The molecule has 0 heterocycles. The van der Waals surface area contributed by atoms with Crippen molar-refractivity contribution in [2.45, 2.75) is 51.4 Å². The number of primary amides is 1. The number of hydrogen-bond donors (Lipinski definition) is 5. The van der Waals surface area contributed by atoms with Crippen molar-refractivity contribution in [1.82, 2.24) is 16.0 Å². The fourth-order valence-electron chi connectivity index (χ4n) is 1.93. The molecule has 12 heteroatoms. The topological polar surface area (TPSA) is 213 Å². The van der Waals surface area contributed by atoms with Gasteiger partial charge in [-0.3, -0.25) is 14.4 Å². The number of amides is 3. The number of likely N-dealkylation sites (N-methyl/N-ethyl adjacent to an activating group) is 1. The number of quaternary nitrogens is 1. The first-order chi connectivity index (χ1) is 12.2. The average molecular weight is 392 g/mol. The van der Waals surface area contributed by atoms with Crippen LogP contribution in [0.15, 0.2) is 0 Å². The summed E-state index contributed by atoms with van der Waals surface area (Å²) < 4.78 is 4.75. The number of rotatable bonds is 14. The molecule has 0 aliphatic heterocycles. The molecular formula is C15H30N5O7-. The zero-order valence-corrected chi connectivity index (χ0v) is 14.6. The summed E-state index contributed by atoms with van der Waals surface area (Å²) in [7, 11) is 1.56. The summed E-state index contributed by atoms with van der Waals surface area (Å²) >= 11 is 0. The third-order valence-electron chi connectivity index (χ3n) is 3.46. The van der Waals surface area contributed by atoms with Crippen LogP contribution < -0.4 is 37.6 Å². The highest BCUT2D eigenvalue weighted by Gasteiger charge is 2.18. The van der Waals surface area contributed by atoms with Crippen molar-refractivity contribution in [3.05, 3.63) is 0 Å². The maximum atomic E-state index is 11.8. The maximum absolute atomic E-state index is 11.8. The van der Waals surface area contributed by atoms with Crippen LogP contribution in [0.5, 0.6) is 0 Å². The van der Waals surface area contributed by atoms with Crippen molar-refractivity contribution in [2.75, 3.05) is 20.4 Å². The number of carboxylic acids is 1. The molecule has 0 aromatic heterocycles. The second-order valence-electron chi connectivity index (χ2n) is 5.48. The van der Waals surface area contributed by atoms with Gasteiger partial charge in [0.05, 0.1) is 18.4 Å². The molecule has 3 amide bonds. The van der Waals surface area contributed by atoms with Crippen LogP contribution in [0, 0.1) is 0 Å². The average Bonchev–Trinajstić information content (AvgIpc) is 2.56. The quantitative estimate of drug-likeness (QED) is 0.179. The molecule has 0 aliphatic rings. The summed E-state index contributed by atoms with van der Waals surface area (Å²) in [5.74, 6) is -3.02. The number of carbonyl (C=O) groups is 4. The fourth-order valence-corrected chi connectivity index (χ4v) is 1.93. The van der Waals surface area contributed by atoms with Gasteiger partial charge in [0, 0.05) is 19.4 Å². The SMILES string of the molecule is C.CNC(CCNC(=O)CC(NC(=O)CCC([NH3+])C(=O)[O-])OC[O-])C(N)=O. The van der Waals surface area contributed by atoms with Gasteiger partial charge in [0.1, 0.15) is 12.3 Å². The molecule has 0 radical (unpaired) electrons. The van der Waals surface area contributed by atoms with Crippen LogP contribution in [0.25, 0.3) is 0 Å². The van der Waals surface area contributed by atoms with Gasteiger partial charge in [-0.25, -0.2) is 0 Å². The van der Waals surface area contributed by atoms with E-state index in [-0.39, 0.29) is 39.7 Å². The first-order valence-electron chi connectivity index (χ1n) is 7.97. The molecule has 0 rings (SSSR count). The van der Waals surface area contributed by atoms with Crippen LogP contribution >= 0.6 is 0 Å². The highest BCUT2D eigenvalue weighted by molar-refractivity contribution is 5.81. The van der Waals surface area contributed by atoms with Gasteiger partial charge in [-0.05, 0) is 20.3 Å². The minimum atomic E-state index is -1.37. The van der Waals surface area contributed by atoms with Gasteiger partial charge in [0.15, 0.2) is 0 Å². The number of nitrogens with two attached hydrogens (primary N) is 1. The fraction of sp³-hybridized carbons (Fsp3) is 0.733. The second kappa shape index (κ2) is 14.8. The van der Waals surface area contributed by atoms with Crippen molar-refractivity contribution in [3.63, 3.8) is 0 Å². The van der Waals surface area contributed by atoms with E-state index in [0.717, 1.165) is 0 Å². The molecule has 0 saturated heterocycles. The molecule has 0 fully saturated rings. The van der Waals surface area contributed by atoms with Crippen LogP contribution in [0.1, 0.15) is 33.1 Å². The van der Waals surface area contributed by atoms with E-state index in [2.05, 4.69) is 21.7 Å². The Labute approximate surface area is 158 Å². The lowest BCUT2D eigenvalue weighted by atomic mass is 10.1. The Bertz CT molecular complexity index is 489. The normalized spacial score (nSPS) is 13.6. The van der Waals surface area contributed by atoms with Crippen molar-refractivity contribution in [2.24, 2.45) is 5.73 Å². The van der Waals surface area contributed by atoms with E-state index >= 15 is 0 Å². The minimum Gasteiger partial charge on any atom is -0.834 e. The zero-order valence-electron chi connectivity index (χ0n) is 14.6. The van der Waals surface area contributed by atoms with E-state index in [0.29, 0.717) is 0 Å². The van der Waals surface area contributed by atoms with Crippen LogP contribution in [0.4, 0.5) is 0 Å². The number of hydrogen-bond acceptors (Lipinski definition) is 8. The molecule has 0 saturated carbocycles. The van der Waals surface area contributed by atoms with Gasteiger partial charge >= 0.3 is 0 Å². The van der Waals surface area contributed by atoms with Crippen LogP contribution in [-0.4, -0.2) is 62.4 Å². The van der Waals surface area contributed by atoms with Crippen LogP contribution in [0.2, 0.25) is 0 Å². The zero-order chi connectivity index (χ0) is 20.1. The van der Waals surface area contributed by atoms with E-state index in [4.69, 9.17) is 10.5 Å². The Morgan fingerprint density at radius 2 is 1.81 bits per heavy atom. The number of ether oxygens (including phenoxy) is 1. The Kier molecular flexibility index (Phi) is 14.8. The van der Waals surface area contributed by atoms with Gasteiger partial charge in [-0.1, -0.05) is 7.43 Å². The monoisotopic (exact) mass is 392 g/mol. The lowest BCUT2D eigenvalue weighted by molar-refractivity contribution is -0.438. The molecule has 0 aromatic rings. The summed E-state index contributed by atoms with van der Waals surface area (Å²) in [6, 6.07) is -1.64. The van der Waals surface area contributed by atoms with Gasteiger partial charge in [-0.2, -0.15) is 0 Å². The summed E-state index contributed by atoms with van der Waals surface area (Å²) in [6.45, 7) is -0.821. The second-order valence-corrected chi connectivity index (χ2v) is 5.48. The molecule has 3 atom stereocenters. The third kappa shape index (κ3) is 12.7. The van der Waals surface area contributed by atoms with Crippen molar-refractivity contribution < 1.29 is 39.9 Å². The molecular weight excluding hydrogens is 362 g/mol. The van der Waals surface area contributed by atoms with E-state index in [9.17, 15) is 29.4 Å². The van der Waals surface area contributed by atoms with Gasteiger partial charge in [-0.15, -0.1) is 0 Å². The molecule has 3 unspecified atom stereocenters. The van der Waals surface area contributed by atoms with Gasteiger partial charge in [0.2, 0.25) is 17.7 Å². The van der Waals surface area contributed by atoms with E-state index in [1.54, 1.807) is 7.05 Å². The summed E-state index contributed by atoms with van der Waals surface area (Å²) in [5, 5.41) is 28.7. The molecule has 158 valence electrons. The predicted molar refractivity (Wildman–Crippen MR) is 89.8 cm³/mol. The lowest BCUT2D eigenvalue weighted by Gasteiger charge is -2.21. The summed E-state index contributed by atoms with van der Waals surface area (Å²) in [5.41, 5.74) is 8.46. The summed E-state index contributed by atoms with van der Waals surface area (Å²) in [4.78, 5) is 45.1. The van der Waals surface area contributed by atoms with E-state index in [1.165, 1.54) is 0 Å². The molecule has 0 aromatic carbocycles. The smallest absolute Gasteiger partial charge is 0.234 e. The minimum absolute atomic E-state index is 0. The summed E-state index contributed by atoms with van der Waals surface area (Å²) in [6.07, 6.45) is -1.43. The molecule has 0 bridgehead atoms. The molecule has 0 aliphatic carbocycles. The number of carboxylic acid groups (broad SMARTS) is 1. The van der Waals surface area contributed by atoms with E-state index < -0.39 is 48.8 Å². The predicted octanol–water partition coefficient (Wildman–Crippen LogP) is -5.49. The van der Waals surface area contributed by atoms with Crippen LogP contribution in [0.3, 0.4) is 0 Å². The molecule has 27 heavy (non-hydrogen) atoms. The first-order valence-corrected chi connectivity index (χ1v) is 7.97. The lowest BCUT2D eigenvalue weighted by Crippen LogP contribution is -2.68. The van der Waals surface area contributed by atoms with Crippen molar-refractivity contribution in [3.8, 4) is 0 Å². The number of nitrogens with one attached hydrogen (secondary N) is 3. The Hall–Kier alpha value is -2.28. The highest BCUT2D eigenvalue weighted by atomic mass is 16.6. The number of aliphatic carboxylic acids is 1. The number of carbonyl (C=O) groups excluding carboxylic acids is 4. The Morgan fingerprint density at radius 1 is 1.19 bits per heavy atom. The molecule has 12 nitrogen and oxygen atoms in total. The Balaban J connectivity index is 0. The Morgan fingerprint density at radius 3 is 2.30 bits per heavy atom. The molecule has 8 N–H and O–H groups in total. The molecule has 0 spiro atoms.